The molecule has 0 aliphatic carbocycles. The molecule has 3 aromatic carbocycles. The molecule has 1 heterocycles. The second-order valence-electron chi connectivity index (χ2n) is 7.00. The smallest absolute Gasteiger partial charge is 0.271 e. The van der Waals surface area contributed by atoms with Gasteiger partial charge < -0.3 is 4.90 Å². The van der Waals surface area contributed by atoms with E-state index >= 15 is 0 Å². The van der Waals surface area contributed by atoms with E-state index in [2.05, 4.69) is 40.5 Å². The van der Waals surface area contributed by atoms with Crippen molar-refractivity contribution in [2.45, 2.75) is 19.8 Å². The van der Waals surface area contributed by atoms with Gasteiger partial charge in [-0.05, 0) is 65.9 Å². The molecular formula is C23H23N3O. The molecule has 0 bridgehead atoms. The van der Waals surface area contributed by atoms with Crippen molar-refractivity contribution >= 4 is 28.6 Å². The van der Waals surface area contributed by atoms with Crippen LogP contribution in [0, 0.1) is 6.92 Å². The predicted molar refractivity (Wildman–Crippen MR) is 112 cm³/mol. The maximum atomic E-state index is 12.4. The highest BCUT2D eigenvalue weighted by molar-refractivity contribution is 5.99. The van der Waals surface area contributed by atoms with Crippen LogP contribution in [-0.4, -0.2) is 25.2 Å². The summed E-state index contributed by atoms with van der Waals surface area (Å²) in [5.74, 6) is -0.205. The zero-order valence-electron chi connectivity index (χ0n) is 15.5. The molecule has 0 atom stereocenters. The fourth-order valence-corrected chi connectivity index (χ4v) is 3.53. The average Bonchev–Trinajstić information content (AvgIpc) is 3.23. The molecule has 1 aliphatic rings. The molecule has 3 aromatic rings. The Kier molecular flexibility index (Phi) is 4.88. The SMILES string of the molecule is Cc1cc(N2CCCC2)ccc1/C=N\NC(=O)c1ccc2ccccc2c1. The van der Waals surface area contributed by atoms with Gasteiger partial charge in [0.1, 0.15) is 0 Å². The van der Waals surface area contributed by atoms with Crippen molar-refractivity contribution in [1.82, 2.24) is 5.43 Å². The Hall–Kier alpha value is -3.14. The lowest BCUT2D eigenvalue weighted by Gasteiger charge is -2.18. The Morgan fingerprint density at radius 1 is 1.00 bits per heavy atom. The maximum absolute atomic E-state index is 12.4. The van der Waals surface area contributed by atoms with Crippen molar-refractivity contribution < 1.29 is 4.79 Å². The summed E-state index contributed by atoms with van der Waals surface area (Å²) >= 11 is 0. The Balaban J connectivity index is 1.44. The highest BCUT2D eigenvalue weighted by Gasteiger charge is 2.12. The van der Waals surface area contributed by atoms with Crippen LogP contribution < -0.4 is 10.3 Å². The van der Waals surface area contributed by atoms with E-state index in [1.165, 1.54) is 18.5 Å². The Labute approximate surface area is 159 Å². The fraction of sp³-hybridized carbons (Fsp3) is 0.217. The van der Waals surface area contributed by atoms with Crippen molar-refractivity contribution in [2.75, 3.05) is 18.0 Å². The van der Waals surface area contributed by atoms with E-state index in [9.17, 15) is 4.79 Å². The number of hydrogen-bond acceptors (Lipinski definition) is 3. The van der Waals surface area contributed by atoms with Gasteiger partial charge in [-0.3, -0.25) is 4.79 Å². The normalized spacial score (nSPS) is 14.2. The third-order valence-electron chi connectivity index (χ3n) is 5.11. The van der Waals surface area contributed by atoms with Gasteiger partial charge >= 0.3 is 0 Å². The maximum Gasteiger partial charge on any atom is 0.271 e. The number of hydrazone groups is 1. The molecule has 4 heteroatoms. The molecule has 0 saturated carbocycles. The summed E-state index contributed by atoms with van der Waals surface area (Å²) in [7, 11) is 0. The molecule has 0 spiro atoms. The number of nitrogens with one attached hydrogen (secondary N) is 1. The van der Waals surface area contributed by atoms with E-state index < -0.39 is 0 Å². The summed E-state index contributed by atoms with van der Waals surface area (Å²) in [5.41, 5.74) is 6.67. The number of nitrogens with zero attached hydrogens (tertiary/aromatic N) is 2. The number of hydrogen-bond donors (Lipinski definition) is 1. The molecule has 4 nitrogen and oxygen atoms in total. The van der Waals surface area contributed by atoms with Gasteiger partial charge in [-0.2, -0.15) is 5.10 Å². The molecule has 27 heavy (non-hydrogen) atoms. The second kappa shape index (κ2) is 7.62. The van der Waals surface area contributed by atoms with Crippen LogP contribution in [-0.2, 0) is 0 Å². The van der Waals surface area contributed by atoms with Gasteiger partial charge in [0.2, 0.25) is 0 Å². The Morgan fingerprint density at radius 3 is 2.56 bits per heavy atom. The van der Waals surface area contributed by atoms with Gasteiger partial charge in [-0.15, -0.1) is 0 Å². The van der Waals surface area contributed by atoms with Gasteiger partial charge in [0.25, 0.3) is 5.91 Å². The molecule has 0 radical (unpaired) electrons. The van der Waals surface area contributed by atoms with Gasteiger partial charge in [-0.1, -0.05) is 36.4 Å². The van der Waals surface area contributed by atoms with E-state index in [0.29, 0.717) is 5.56 Å². The lowest BCUT2D eigenvalue weighted by molar-refractivity contribution is 0.0955. The quantitative estimate of drug-likeness (QED) is 0.551. The number of fused-ring (bicyclic) bond motifs is 1. The number of anilines is 1. The van der Waals surface area contributed by atoms with Crippen LogP contribution in [0.3, 0.4) is 0 Å². The van der Waals surface area contributed by atoms with Crippen LogP contribution >= 0.6 is 0 Å². The zero-order chi connectivity index (χ0) is 18.6. The van der Waals surface area contributed by atoms with E-state index in [1.807, 2.05) is 42.5 Å². The molecule has 1 N–H and O–H groups in total. The van der Waals surface area contributed by atoms with Crippen LogP contribution in [0.2, 0.25) is 0 Å². The topological polar surface area (TPSA) is 44.7 Å². The van der Waals surface area contributed by atoms with Crippen molar-refractivity contribution in [3.8, 4) is 0 Å². The second-order valence-corrected chi connectivity index (χ2v) is 7.00. The monoisotopic (exact) mass is 357 g/mol. The molecule has 1 amide bonds. The number of carbonyl (C=O) groups is 1. The van der Waals surface area contributed by atoms with Crippen LogP contribution in [0.4, 0.5) is 5.69 Å². The summed E-state index contributed by atoms with van der Waals surface area (Å²) in [4.78, 5) is 14.8. The Morgan fingerprint density at radius 2 is 1.78 bits per heavy atom. The number of aryl methyl sites for hydroxylation is 1. The number of rotatable bonds is 4. The molecule has 1 aliphatic heterocycles. The fourth-order valence-electron chi connectivity index (χ4n) is 3.53. The molecule has 4 rings (SSSR count). The van der Waals surface area contributed by atoms with Crippen LogP contribution in [0.15, 0.2) is 65.8 Å². The summed E-state index contributed by atoms with van der Waals surface area (Å²) in [5, 5.41) is 6.31. The standard InChI is InChI=1S/C23H23N3O/c1-17-14-22(26-12-4-5-13-26)11-10-21(17)16-24-25-23(27)20-9-8-18-6-2-3-7-19(18)15-20/h2-3,6-11,14-16H,4-5,12-13H2,1H3,(H,25,27)/b24-16-. The minimum Gasteiger partial charge on any atom is -0.372 e. The highest BCUT2D eigenvalue weighted by atomic mass is 16.2. The lowest BCUT2D eigenvalue weighted by Crippen LogP contribution is -2.18. The number of benzene rings is 3. The van der Waals surface area contributed by atoms with Crippen molar-refractivity contribution in [3.63, 3.8) is 0 Å². The molecule has 1 fully saturated rings. The van der Waals surface area contributed by atoms with Gasteiger partial charge in [0.15, 0.2) is 0 Å². The minimum absolute atomic E-state index is 0.205. The van der Waals surface area contributed by atoms with Crippen LogP contribution in [0.1, 0.15) is 34.3 Å². The summed E-state index contributed by atoms with van der Waals surface area (Å²) in [6, 6.07) is 20.0. The average molecular weight is 357 g/mol. The van der Waals surface area contributed by atoms with Crippen LogP contribution in [0.5, 0.6) is 0 Å². The molecule has 0 unspecified atom stereocenters. The molecule has 0 aromatic heterocycles. The van der Waals surface area contributed by atoms with Gasteiger partial charge in [0.05, 0.1) is 6.21 Å². The van der Waals surface area contributed by atoms with E-state index in [4.69, 9.17) is 0 Å². The Bertz CT molecular complexity index is 1000. The molecule has 136 valence electrons. The summed E-state index contributed by atoms with van der Waals surface area (Å²) in [6.07, 6.45) is 4.24. The largest absolute Gasteiger partial charge is 0.372 e. The van der Waals surface area contributed by atoms with Crippen molar-refractivity contribution in [3.05, 3.63) is 77.4 Å². The van der Waals surface area contributed by atoms with Crippen molar-refractivity contribution in [1.29, 1.82) is 0 Å². The first-order valence-corrected chi connectivity index (χ1v) is 9.38. The highest BCUT2D eigenvalue weighted by Crippen LogP contribution is 2.22. The number of amides is 1. The first kappa shape index (κ1) is 17.3. The zero-order valence-corrected chi connectivity index (χ0v) is 15.5. The van der Waals surface area contributed by atoms with Gasteiger partial charge in [-0.25, -0.2) is 5.43 Å². The van der Waals surface area contributed by atoms with Crippen LogP contribution in [0.25, 0.3) is 10.8 Å². The first-order chi connectivity index (χ1) is 13.2. The molecular weight excluding hydrogens is 334 g/mol. The van der Waals surface area contributed by atoms with Gasteiger partial charge in [0, 0.05) is 24.3 Å². The molecule has 1 saturated heterocycles. The summed E-state index contributed by atoms with van der Waals surface area (Å²) < 4.78 is 0. The number of carbonyl (C=O) groups excluding carboxylic acids is 1. The van der Waals surface area contributed by atoms with Crippen molar-refractivity contribution in [2.24, 2.45) is 5.10 Å². The summed E-state index contributed by atoms with van der Waals surface area (Å²) in [6.45, 7) is 4.34. The third-order valence-corrected chi connectivity index (χ3v) is 5.11. The third kappa shape index (κ3) is 3.85. The van der Waals surface area contributed by atoms with E-state index in [-0.39, 0.29) is 5.91 Å². The minimum atomic E-state index is -0.205. The van der Waals surface area contributed by atoms with E-state index in [1.54, 1.807) is 6.21 Å². The lowest BCUT2D eigenvalue weighted by atomic mass is 10.1. The first-order valence-electron chi connectivity index (χ1n) is 9.38. The van der Waals surface area contributed by atoms with E-state index in [0.717, 1.165) is 35.0 Å². The predicted octanol–water partition coefficient (Wildman–Crippen LogP) is 4.51.